The normalized spacial score (nSPS) is 10.5. The van der Waals surface area contributed by atoms with Crippen molar-refractivity contribution in [3.63, 3.8) is 0 Å². The lowest BCUT2D eigenvalue weighted by atomic mass is 10.3. The number of aromatic nitrogens is 3. The Labute approximate surface area is 86.0 Å². The van der Waals surface area contributed by atoms with Crippen LogP contribution in [0.3, 0.4) is 0 Å². The zero-order chi connectivity index (χ0) is 10.4. The largest absolute Gasteiger partial charge is 0.218 e. The first kappa shape index (κ1) is 11.1. The Balaban J connectivity index is 2.88. The summed E-state index contributed by atoms with van der Waals surface area (Å²) in [5.41, 5.74) is 0. The minimum absolute atomic E-state index is 0.899. The number of nitrogens with zero attached hydrogens (tertiary/aromatic N) is 3. The van der Waals surface area contributed by atoms with E-state index in [2.05, 4.69) is 35.7 Å². The van der Waals surface area contributed by atoms with E-state index >= 15 is 0 Å². The molecule has 0 aliphatic carbocycles. The molecular formula is C11H19N3. The molecule has 0 aromatic carbocycles. The highest BCUT2D eigenvalue weighted by atomic mass is 15.0. The number of aryl methyl sites for hydroxylation is 3. The van der Waals surface area contributed by atoms with Crippen molar-refractivity contribution in [2.24, 2.45) is 0 Å². The van der Waals surface area contributed by atoms with Gasteiger partial charge in [-0.25, -0.2) is 15.0 Å². The smallest absolute Gasteiger partial charge is 0.132 e. The molecule has 0 saturated carbocycles. The van der Waals surface area contributed by atoms with Crippen LogP contribution in [0.1, 0.15) is 51.1 Å². The lowest BCUT2D eigenvalue weighted by Gasteiger charge is -2.04. The Morgan fingerprint density at radius 1 is 0.714 bits per heavy atom. The summed E-state index contributed by atoms with van der Waals surface area (Å²) in [5.74, 6) is 2.86. The van der Waals surface area contributed by atoms with Crippen LogP contribution in [0.5, 0.6) is 0 Å². The van der Waals surface area contributed by atoms with Gasteiger partial charge >= 0.3 is 0 Å². The predicted molar refractivity (Wildman–Crippen MR) is 57.2 cm³/mol. The maximum atomic E-state index is 4.44. The lowest BCUT2D eigenvalue weighted by molar-refractivity contribution is 0.722. The lowest BCUT2D eigenvalue weighted by Crippen LogP contribution is -2.07. The average molecular weight is 193 g/mol. The summed E-state index contributed by atoms with van der Waals surface area (Å²) >= 11 is 0. The van der Waals surface area contributed by atoms with Crippen molar-refractivity contribution in [3.8, 4) is 0 Å². The molecule has 0 fully saturated rings. The predicted octanol–water partition coefficient (Wildman–Crippen LogP) is 2.34. The van der Waals surface area contributed by atoms with Gasteiger partial charge in [-0.15, -0.1) is 0 Å². The van der Waals surface area contributed by atoms with Gasteiger partial charge in [0.1, 0.15) is 17.5 Å². The maximum Gasteiger partial charge on any atom is 0.132 e. The second-order valence-corrected chi connectivity index (χ2v) is 3.44. The molecule has 0 atom stereocenters. The number of hydrogen-bond donors (Lipinski definition) is 0. The molecule has 1 aromatic heterocycles. The van der Waals surface area contributed by atoms with Crippen molar-refractivity contribution >= 4 is 0 Å². The van der Waals surface area contributed by atoms with Gasteiger partial charge in [0, 0.05) is 19.3 Å². The molecule has 1 aromatic rings. The average Bonchev–Trinajstić information content (AvgIpc) is 2.18. The Kier molecular flexibility index (Phi) is 4.50. The molecule has 1 heterocycles. The van der Waals surface area contributed by atoms with Crippen LogP contribution in [0, 0.1) is 0 Å². The van der Waals surface area contributed by atoms with Crippen LogP contribution >= 0.6 is 0 Å². The van der Waals surface area contributed by atoms with E-state index in [9.17, 15) is 0 Å². The summed E-state index contributed by atoms with van der Waals surface area (Å²) in [5, 5.41) is 0. The van der Waals surface area contributed by atoms with Gasteiger partial charge in [0.2, 0.25) is 0 Å². The van der Waals surface area contributed by atoms with E-state index in [1.54, 1.807) is 0 Å². The van der Waals surface area contributed by atoms with E-state index < -0.39 is 0 Å². The second kappa shape index (κ2) is 5.68. The van der Waals surface area contributed by atoms with Crippen LogP contribution in [-0.2, 0) is 19.3 Å². The van der Waals surface area contributed by atoms with Crippen molar-refractivity contribution in [3.05, 3.63) is 17.5 Å². The highest BCUT2D eigenvalue weighted by Crippen LogP contribution is 2.02. The zero-order valence-electron chi connectivity index (χ0n) is 9.38. The molecule has 78 valence electrons. The summed E-state index contributed by atoms with van der Waals surface area (Å²) in [7, 11) is 0. The molecular weight excluding hydrogens is 174 g/mol. The molecule has 0 amide bonds. The molecule has 1 rings (SSSR count). The second-order valence-electron chi connectivity index (χ2n) is 3.44. The van der Waals surface area contributed by atoms with E-state index in [1.165, 1.54) is 0 Å². The van der Waals surface area contributed by atoms with Crippen LogP contribution < -0.4 is 0 Å². The van der Waals surface area contributed by atoms with Crippen LogP contribution in [0.2, 0.25) is 0 Å². The number of hydrogen-bond acceptors (Lipinski definition) is 3. The minimum atomic E-state index is 0.899. The van der Waals surface area contributed by atoms with E-state index in [4.69, 9.17) is 0 Å². The fraction of sp³-hybridized carbons (Fsp3) is 0.727. The van der Waals surface area contributed by atoms with Gasteiger partial charge in [-0.05, 0) is 12.8 Å². The quantitative estimate of drug-likeness (QED) is 0.720. The zero-order valence-corrected chi connectivity index (χ0v) is 9.38. The third kappa shape index (κ3) is 3.05. The van der Waals surface area contributed by atoms with Gasteiger partial charge in [0.25, 0.3) is 0 Å². The van der Waals surface area contributed by atoms with Crippen molar-refractivity contribution in [2.45, 2.75) is 52.9 Å². The molecule has 0 N–H and O–H groups in total. The van der Waals surface area contributed by atoms with Gasteiger partial charge in [0.05, 0.1) is 0 Å². The number of rotatable bonds is 5. The van der Waals surface area contributed by atoms with Crippen LogP contribution in [0.4, 0.5) is 0 Å². The Morgan fingerprint density at radius 2 is 1.14 bits per heavy atom. The van der Waals surface area contributed by atoms with Crippen LogP contribution in [0.25, 0.3) is 0 Å². The fourth-order valence-corrected chi connectivity index (χ4v) is 1.35. The molecule has 0 unspecified atom stereocenters. The topological polar surface area (TPSA) is 38.7 Å². The summed E-state index contributed by atoms with van der Waals surface area (Å²) < 4.78 is 0. The molecule has 0 spiro atoms. The van der Waals surface area contributed by atoms with E-state index in [0.717, 1.165) is 49.6 Å². The van der Waals surface area contributed by atoms with Crippen LogP contribution in [0.15, 0.2) is 0 Å². The van der Waals surface area contributed by atoms with Gasteiger partial charge in [-0.2, -0.15) is 0 Å². The van der Waals surface area contributed by atoms with E-state index in [0.29, 0.717) is 0 Å². The summed E-state index contributed by atoms with van der Waals surface area (Å²) in [6.45, 7) is 6.38. The molecule has 0 aliphatic heterocycles. The highest BCUT2D eigenvalue weighted by Gasteiger charge is 2.03. The Hall–Kier alpha value is -0.990. The standard InChI is InChI=1S/C11H19N3/c1-4-7-10-12-9(6-3)13-11(14-10)8-5-2/h4-8H2,1-3H3. The van der Waals surface area contributed by atoms with Gasteiger partial charge in [-0.1, -0.05) is 20.8 Å². The maximum absolute atomic E-state index is 4.44. The van der Waals surface area contributed by atoms with Crippen molar-refractivity contribution in [2.75, 3.05) is 0 Å². The molecule has 0 bridgehead atoms. The molecule has 0 saturated heterocycles. The molecule has 0 aliphatic rings. The first-order valence-electron chi connectivity index (χ1n) is 5.52. The Bertz CT molecular complexity index is 260. The minimum Gasteiger partial charge on any atom is -0.218 e. The van der Waals surface area contributed by atoms with Crippen molar-refractivity contribution in [1.82, 2.24) is 15.0 Å². The van der Waals surface area contributed by atoms with E-state index in [1.807, 2.05) is 0 Å². The molecule has 0 radical (unpaired) electrons. The third-order valence-corrected chi connectivity index (χ3v) is 2.04. The van der Waals surface area contributed by atoms with Gasteiger partial charge < -0.3 is 0 Å². The third-order valence-electron chi connectivity index (χ3n) is 2.04. The fourth-order valence-electron chi connectivity index (χ4n) is 1.35. The van der Waals surface area contributed by atoms with Crippen LogP contribution in [-0.4, -0.2) is 15.0 Å². The first-order chi connectivity index (χ1) is 6.80. The van der Waals surface area contributed by atoms with Crippen molar-refractivity contribution < 1.29 is 0 Å². The first-order valence-corrected chi connectivity index (χ1v) is 5.52. The monoisotopic (exact) mass is 193 g/mol. The van der Waals surface area contributed by atoms with Crippen molar-refractivity contribution in [1.29, 1.82) is 0 Å². The molecule has 3 heteroatoms. The van der Waals surface area contributed by atoms with Gasteiger partial charge in [0.15, 0.2) is 0 Å². The summed E-state index contributed by atoms with van der Waals surface area (Å²) in [6.07, 6.45) is 5.02. The molecule has 14 heavy (non-hydrogen) atoms. The molecule has 3 nitrogen and oxygen atoms in total. The summed E-state index contributed by atoms with van der Waals surface area (Å²) in [6, 6.07) is 0. The van der Waals surface area contributed by atoms with E-state index in [-0.39, 0.29) is 0 Å². The Morgan fingerprint density at radius 3 is 1.50 bits per heavy atom. The van der Waals surface area contributed by atoms with Gasteiger partial charge in [-0.3, -0.25) is 0 Å². The highest BCUT2D eigenvalue weighted by molar-refractivity contribution is 4.98. The SMILES string of the molecule is CCCc1nc(CC)nc(CCC)n1. The summed E-state index contributed by atoms with van der Waals surface area (Å²) in [4.78, 5) is 13.2.